The molecule has 1 aromatic rings. The lowest BCUT2D eigenvalue weighted by atomic mass is 10.1. The molecule has 1 amide bonds. The van der Waals surface area contributed by atoms with Crippen LogP contribution in [-0.2, 0) is 4.79 Å². The molecule has 0 saturated carbocycles. The van der Waals surface area contributed by atoms with E-state index in [9.17, 15) is 14.0 Å². The van der Waals surface area contributed by atoms with Gasteiger partial charge in [-0.25, -0.2) is 9.38 Å². The Hall–Kier alpha value is -3.24. The molecule has 3 aliphatic heterocycles. The van der Waals surface area contributed by atoms with Gasteiger partial charge in [0.25, 0.3) is 5.91 Å². The predicted octanol–water partition coefficient (Wildman–Crippen LogP) is 2.24. The van der Waals surface area contributed by atoms with E-state index >= 15 is 0 Å². The fraction of sp³-hybridized carbons (Fsp3) is 0.364. The van der Waals surface area contributed by atoms with Crippen LogP contribution in [0.5, 0.6) is 5.75 Å². The monoisotopic (exact) mass is 475 g/mol. The number of likely N-dealkylation sites (tertiary alicyclic amines) is 1. The van der Waals surface area contributed by atoms with Gasteiger partial charge in [0, 0.05) is 30.3 Å². The van der Waals surface area contributed by atoms with E-state index in [1.54, 1.807) is 13.8 Å². The summed E-state index contributed by atoms with van der Waals surface area (Å²) in [7, 11) is 0. The van der Waals surface area contributed by atoms with Gasteiger partial charge < -0.3 is 30.8 Å². The third-order valence-corrected chi connectivity index (χ3v) is 6.28. The molecule has 3 heterocycles. The molecule has 9 nitrogen and oxygen atoms in total. The van der Waals surface area contributed by atoms with Crippen molar-refractivity contribution < 1.29 is 23.8 Å². The first kappa shape index (κ1) is 22.9. The molecule has 0 radical (unpaired) electrons. The third-order valence-electron chi connectivity index (χ3n) is 5.72. The van der Waals surface area contributed by atoms with Crippen LogP contribution >= 0.6 is 11.6 Å². The van der Waals surface area contributed by atoms with Crippen LogP contribution in [0.15, 0.2) is 45.3 Å². The summed E-state index contributed by atoms with van der Waals surface area (Å²) in [4.78, 5) is 30.3. The van der Waals surface area contributed by atoms with Crippen molar-refractivity contribution in [1.82, 2.24) is 15.5 Å². The van der Waals surface area contributed by atoms with E-state index in [4.69, 9.17) is 26.9 Å². The number of halogens is 2. The van der Waals surface area contributed by atoms with E-state index in [0.717, 1.165) is 6.07 Å². The number of benzene rings is 1. The van der Waals surface area contributed by atoms with Gasteiger partial charge in [-0.3, -0.25) is 9.59 Å². The van der Waals surface area contributed by atoms with E-state index in [1.165, 1.54) is 17.0 Å². The number of carboxylic acids is 1. The summed E-state index contributed by atoms with van der Waals surface area (Å²) >= 11 is 6.18. The molecule has 0 bridgehead atoms. The van der Waals surface area contributed by atoms with Crippen molar-refractivity contribution in [2.24, 2.45) is 4.99 Å². The summed E-state index contributed by atoms with van der Waals surface area (Å²) in [5, 5.41) is 23.9. The van der Waals surface area contributed by atoms with E-state index in [1.807, 2.05) is 0 Å². The van der Waals surface area contributed by atoms with Gasteiger partial charge in [-0.05, 0) is 26.0 Å². The minimum atomic E-state index is -0.992. The van der Waals surface area contributed by atoms with Gasteiger partial charge in [0.05, 0.1) is 35.1 Å². The molecule has 2 saturated heterocycles. The number of amides is 1. The molecule has 11 heteroatoms. The zero-order valence-corrected chi connectivity index (χ0v) is 18.8. The van der Waals surface area contributed by atoms with Crippen molar-refractivity contribution >= 4 is 34.9 Å². The van der Waals surface area contributed by atoms with Crippen molar-refractivity contribution in [2.75, 3.05) is 19.6 Å². The maximum absolute atomic E-state index is 13.9. The van der Waals surface area contributed by atoms with Crippen molar-refractivity contribution in [3.63, 3.8) is 0 Å². The number of allylic oxidation sites excluding steroid dienone is 2. The molecule has 0 spiro atoms. The summed E-state index contributed by atoms with van der Waals surface area (Å²) in [6, 6.07) is 2.87. The number of aliphatic imine (C=N–C) groups is 1. The number of aliphatic carboxylic acids is 1. The Kier molecular flexibility index (Phi) is 6.22. The van der Waals surface area contributed by atoms with Gasteiger partial charge in [-0.1, -0.05) is 11.6 Å². The molecular weight excluding hydrogens is 453 g/mol. The van der Waals surface area contributed by atoms with Gasteiger partial charge in [0.15, 0.2) is 0 Å². The van der Waals surface area contributed by atoms with Crippen LogP contribution in [0, 0.1) is 11.2 Å². The Morgan fingerprint density at radius 2 is 2.09 bits per heavy atom. The molecular formula is C22H23ClFN5O4. The Bertz CT molecular complexity index is 1150. The highest BCUT2D eigenvalue weighted by atomic mass is 35.5. The second-order valence-electron chi connectivity index (χ2n) is 8.14. The number of nitrogens with one attached hydrogen (secondary N) is 3. The first-order valence-electron chi connectivity index (χ1n) is 10.4. The largest absolute Gasteiger partial charge is 0.488 e. The molecule has 174 valence electrons. The SMILES string of the molecule is CC1=N/C(=C2\CN(C(=O)c3ccc(F)cc3O[C@@H]3CN[C@H](C(=O)O)C3)CC2=N)NC(C)=C1Cl. The Morgan fingerprint density at radius 3 is 2.76 bits per heavy atom. The number of ether oxygens (including phenoxy) is 1. The summed E-state index contributed by atoms with van der Waals surface area (Å²) in [5.74, 6) is -1.47. The molecule has 3 aliphatic rings. The van der Waals surface area contributed by atoms with E-state index < -0.39 is 29.8 Å². The van der Waals surface area contributed by atoms with Crippen LogP contribution in [0.1, 0.15) is 30.6 Å². The van der Waals surface area contributed by atoms with Crippen molar-refractivity contribution in [3.05, 3.63) is 51.7 Å². The predicted molar refractivity (Wildman–Crippen MR) is 120 cm³/mol. The van der Waals surface area contributed by atoms with Crippen molar-refractivity contribution in [3.8, 4) is 5.75 Å². The van der Waals surface area contributed by atoms with Crippen molar-refractivity contribution in [2.45, 2.75) is 32.4 Å². The second kappa shape index (κ2) is 8.95. The first-order chi connectivity index (χ1) is 15.6. The molecule has 0 aliphatic carbocycles. The van der Waals surface area contributed by atoms with Crippen LogP contribution in [0.3, 0.4) is 0 Å². The van der Waals surface area contributed by atoms with E-state index in [-0.39, 0.29) is 43.1 Å². The Labute approximate surface area is 194 Å². The summed E-state index contributed by atoms with van der Waals surface area (Å²) in [5.41, 5.74) is 2.28. The topological polar surface area (TPSA) is 127 Å². The van der Waals surface area contributed by atoms with Crippen molar-refractivity contribution in [1.29, 1.82) is 5.41 Å². The smallest absolute Gasteiger partial charge is 0.320 e. The minimum Gasteiger partial charge on any atom is -0.488 e. The molecule has 2 fully saturated rings. The Balaban J connectivity index is 1.55. The molecule has 0 aromatic heterocycles. The highest BCUT2D eigenvalue weighted by Gasteiger charge is 2.34. The lowest BCUT2D eigenvalue weighted by Crippen LogP contribution is -2.30. The Morgan fingerprint density at radius 1 is 1.33 bits per heavy atom. The standard InChI is InChI=1S/C22H23ClFN5O4/c1-10-19(23)11(2)28-20(27-10)15-8-29(9-16(15)25)21(30)14-4-3-12(24)5-18(14)33-13-6-17(22(31)32)26-7-13/h3-5,13,17,25-27H,6-9H2,1-2H3,(H,31,32)/b20-15+,25-16?/t13-,17-/m0/s1. The van der Waals surface area contributed by atoms with Crippen LogP contribution in [0.2, 0.25) is 0 Å². The van der Waals surface area contributed by atoms with Crippen LogP contribution in [-0.4, -0.2) is 65.1 Å². The highest BCUT2D eigenvalue weighted by Crippen LogP contribution is 2.28. The maximum atomic E-state index is 13.9. The lowest BCUT2D eigenvalue weighted by molar-refractivity contribution is -0.139. The summed E-state index contributed by atoms with van der Waals surface area (Å²) in [6.45, 7) is 4.04. The number of carboxylic acid groups (broad SMARTS) is 1. The third kappa shape index (κ3) is 4.62. The van der Waals surface area contributed by atoms with Gasteiger partial charge in [0.1, 0.15) is 29.5 Å². The summed E-state index contributed by atoms with van der Waals surface area (Å²) < 4.78 is 19.8. The van der Waals surface area contributed by atoms with Gasteiger partial charge in [0.2, 0.25) is 0 Å². The molecule has 4 N–H and O–H groups in total. The quantitative estimate of drug-likeness (QED) is 0.529. The van der Waals surface area contributed by atoms with Gasteiger partial charge in [-0.2, -0.15) is 0 Å². The number of nitrogens with zero attached hydrogens (tertiary/aromatic N) is 2. The average Bonchev–Trinajstić information content (AvgIpc) is 3.38. The molecule has 1 aromatic carbocycles. The van der Waals surface area contributed by atoms with Gasteiger partial charge >= 0.3 is 5.97 Å². The number of carbonyl (C=O) groups excluding carboxylic acids is 1. The molecule has 0 unspecified atom stereocenters. The number of carbonyl (C=O) groups is 2. The maximum Gasteiger partial charge on any atom is 0.320 e. The van der Waals surface area contributed by atoms with Gasteiger partial charge in [-0.15, -0.1) is 0 Å². The zero-order valence-electron chi connectivity index (χ0n) is 18.0. The zero-order chi connectivity index (χ0) is 23.9. The number of rotatable bonds is 4. The highest BCUT2D eigenvalue weighted by molar-refractivity contribution is 6.43. The fourth-order valence-corrected chi connectivity index (χ4v) is 4.07. The molecule has 33 heavy (non-hydrogen) atoms. The molecule has 2 atom stereocenters. The average molecular weight is 476 g/mol. The lowest BCUT2D eigenvalue weighted by Gasteiger charge is -2.20. The minimum absolute atomic E-state index is 0.0423. The van der Waals surface area contributed by atoms with Crippen LogP contribution in [0.25, 0.3) is 0 Å². The molecule has 4 rings (SSSR count). The van der Waals surface area contributed by atoms with Crippen LogP contribution in [0.4, 0.5) is 4.39 Å². The van der Waals surface area contributed by atoms with E-state index in [2.05, 4.69) is 15.6 Å². The van der Waals surface area contributed by atoms with Crippen LogP contribution < -0.4 is 15.4 Å². The normalized spacial score (nSPS) is 25.3. The first-order valence-corrected chi connectivity index (χ1v) is 10.7. The second-order valence-corrected chi connectivity index (χ2v) is 8.52. The number of hydrogen-bond acceptors (Lipinski definition) is 7. The summed E-state index contributed by atoms with van der Waals surface area (Å²) in [6.07, 6.45) is -0.319. The van der Waals surface area contributed by atoms with E-state index in [0.29, 0.717) is 27.8 Å². The number of hydrogen-bond donors (Lipinski definition) is 4. The fourth-order valence-electron chi connectivity index (χ4n) is 3.98.